The number of aromatic nitrogens is 3. The van der Waals surface area contributed by atoms with Crippen molar-refractivity contribution in [2.75, 3.05) is 5.32 Å². The number of hydrogen-bond donors (Lipinski definition) is 2. The number of likely N-dealkylation sites (tertiary alicyclic amines) is 1. The summed E-state index contributed by atoms with van der Waals surface area (Å²) in [6.45, 7) is -0.223. The molecule has 4 aromatic rings. The van der Waals surface area contributed by atoms with Gasteiger partial charge in [0.1, 0.15) is 18.4 Å². The molecule has 0 unspecified atom stereocenters. The van der Waals surface area contributed by atoms with Crippen LogP contribution >= 0.6 is 0 Å². The third-order valence-corrected chi connectivity index (χ3v) is 7.19. The summed E-state index contributed by atoms with van der Waals surface area (Å²) < 4.78 is 30.9. The molecule has 3 atom stereocenters. The van der Waals surface area contributed by atoms with Crippen molar-refractivity contribution in [1.29, 1.82) is 0 Å². The lowest BCUT2D eigenvalue weighted by atomic mass is 10.0. The van der Waals surface area contributed by atoms with Crippen molar-refractivity contribution < 1.29 is 23.2 Å². The Kier molecular flexibility index (Phi) is 5.63. The zero-order valence-corrected chi connectivity index (χ0v) is 20.0. The first-order valence-electron chi connectivity index (χ1n) is 12.1. The summed E-state index contributed by atoms with van der Waals surface area (Å²) in [6.07, 6.45) is 4.21. The lowest BCUT2D eigenvalue weighted by Crippen LogP contribution is -2.46. The number of nitrogens with one attached hydrogen (secondary N) is 1. The molecule has 3 heterocycles. The molecule has 1 saturated carbocycles. The van der Waals surface area contributed by atoms with E-state index in [1.807, 2.05) is 0 Å². The Balaban J connectivity index is 1.24. The maximum Gasteiger partial charge on any atom is 0.269 e. The molecule has 192 valence electrons. The van der Waals surface area contributed by atoms with E-state index >= 15 is 4.39 Å². The number of primary amides is 1. The molecule has 1 aliphatic heterocycles. The van der Waals surface area contributed by atoms with Gasteiger partial charge in [-0.3, -0.25) is 24.0 Å². The number of amides is 3. The van der Waals surface area contributed by atoms with E-state index in [4.69, 9.17) is 5.73 Å². The van der Waals surface area contributed by atoms with E-state index in [2.05, 4.69) is 15.4 Å². The number of rotatable bonds is 6. The van der Waals surface area contributed by atoms with E-state index in [9.17, 15) is 18.8 Å². The molecular weight excluding hydrogens is 494 g/mol. The largest absolute Gasteiger partial charge is 0.364 e. The fourth-order valence-corrected chi connectivity index (χ4v) is 5.31. The number of fused-ring (bicyclic) bond motifs is 2. The van der Waals surface area contributed by atoms with Crippen LogP contribution in [0.5, 0.6) is 0 Å². The predicted molar refractivity (Wildman–Crippen MR) is 134 cm³/mol. The van der Waals surface area contributed by atoms with Crippen LogP contribution in [-0.4, -0.2) is 49.5 Å². The van der Waals surface area contributed by atoms with Crippen LogP contribution < -0.4 is 11.1 Å². The van der Waals surface area contributed by atoms with Crippen molar-refractivity contribution in [3.63, 3.8) is 0 Å². The van der Waals surface area contributed by atoms with Gasteiger partial charge >= 0.3 is 0 Å². The van der Waals surface area contributed by atoms with Gasteiger partial charge in [0.25, 0.3) is 5.91 Å². The molecule has 2 aliphatic rings. The zero-order chi connectivity index (χ0) is 26.6. The van der Waals surface area contributed by atoms with Crippen molar-refractivity contribution in [1.82, 2.24) is 19.7 Å². The van der Waals surface area contributed by atoms with Gasteiger partial charge < -0.3 is 16.0 Å². The average Bonchev–Trinajstić information content (AvgIpc) is 3.40. The van der Waals surface area contributed by atoms with Gasteiger partial charge in [0.15, 0.2) is 11.5 Å². The topological polar surface area (TPSA) is 123 Å². The number of nitrogens with zero attached hydrogens (tertiary/aromatic N) is 4. The molecule has 11 heteroatoms. The standard InChI is InChI=1S/C27H22F2N6O3/c28-18-6-2-1-4-15(18)16-5-3-7-19(24(16)29)32-27(38)21-11-14-10-20(14)35(21)23(36)13-34-22-12-31-9-8-17(22)25(33-34)26(30)37/h1-9,12,14,20-21H,10-11,13H2,(H2,30,37)(H,32,38)/t14-,20-,21+/m1/s1. The second kappa shape index (κ2) is 9.02. The molecule has 0 radical (unpaired) electrons. The van der Waals surface area contributed by atoms with Gasteiger partial charge in [0.05, 0.1) is 17.4 Å². The fourth-order valence-electron chi connectivity index (χ4n) is 5.31. The molecule has 9 nitrogen and oxygen atoms in total. The smallest absolute Gasteiger partial charge is 0.269 e. The molecule has 0 spiro atoms. The van der Waals surface area contributed by atoms with E-state index < -0.39 is 29.5 Å². The maximum atomic E-state index is 15.3. The van der Waals surface area contributed by atoms with Crippen molar-refractivity contribution in [3.05, 3.63) is 78.3 Å². The van der Waals surface area contributed by atoms with Gasteiger partial charge in [-0.1, -0.05) is 30.3 Å². The number of benzene rings is 2. The zero-order valence-electron chi connectivity index (χ0n) is 20.0. The minimum atomic E-state index is -0.807. The van der Waals surface area contributed by atoms with Gasteiger partial charge in [-0.05, 0) is 37.0 Å². The number of carbonyl (C=O) groups is 3. The van der Waals surface area contributed by atoms with Crippen LogP contribution in [0.15, 0.2) is 60.9 Å². The number of halogens is 2. The molecule has 6 rings (SSSR count). The minimum absolute atomic E-state index is 0.0209. The highest BCUT2D eigenvalue weighted by Crippen LogP contribution is 2.48. The van der Waals surface area contributed by atoms with Crippen molar-refractivity contribution >= 4 is 34.3 Å². The molecule has 1 aliphatic carbocycles. The number of hydrogen-bond acceptors (Lipinski definition) is 5. The van der Waals surface area contributed by atoms with Crippen LogP contribution in [0, 0.1) is 17.6 Å². The van der Waals surface area contributed by atoms with Crippen LogP contribution in [0.4, 0.5) is 14.5 Å². The molecule has 2 aromatic carbocycles. The Labute approximate surface area is 215 Å². The Hall–Kier alpha value is -4.67. The van der Waals surface area contributed by atoms with Gasteiger partial charge in [-0.15, -0.1) is 0 Å². The highest BCUT2D eigenvalue weighted by molar-refractivity contribution is 6.04. The number of anilines is 1. The average molecular weight is 517 g/mol. The molecule has 1 saturated heterocycles. The van der Waals surface area contributed by atoms with Gasteiger partial charge in [0.2, 0.25) is 11.8 Å². The van der Waals surface area contributed by atoms with Gasteiger partial charge in [-0.2, -0.15) is 5.10 Å². The number of nitrogens with two attached hydrogens (primary N) is 1. The lowest BCUT2D eigenvalue weighted by Gasteiger charge is -2.27. The summed E-state index contributed by atoms with van der Waals surface area (Å²) in [5, 5.41) is 7.28. The minimum Gasteiger partial charge on any atom is -0.364 e. The summed E-state index contributed by atoms with van der Waals surface area (Å²) in [5.74, 6) is -2.78. The fraction of sp³-hybridized carbons (Fsp3) is 0.222. The van der Waals surface area contributed by atoms with E-state index in [-0.39, 0.29) is 46.9 Å². The molecule has 3 amide bonds. The Morgan fingerprint density at radius 2 is 1.82 bits per heavy atom. The second-order valence-corrected chi connectivity index (χ2v) is 9.52. The van der Waals surface area contributed by atoms with E-state index in [1.165, 1.54) is 58.4 Å². The third kappa shape index (κ3) is 3.96. The monoisotopic (exact) mass is 516 g/mol. The second-order valence-electron chi connectivity index (χ2n) is 9.52. The summed E-state index contributed by atoms with van der Waals surface area (Å²) in [5.41, 5.74) is 5.94. The first kappa shape index (κ1) is 23.7. The molecule has 2 fully saturated rings. The normalized spacial score (nSPS) is 19.8. The Morgan fingerprint density at radius 1 is 1.03 bits per heavy atom. The number of piperidine rings is 1. The van der Waals surface area contributed by atoms with E-state index in [0.29, 0.717) is 17.3 Å². The first-order chi connectivity index (χ1) is 18.3. The van der Waals surface area contributed by atoms with Crippen LogP contribution in [0.25, 0.3) is 22.0 Å². The van der Waals surface area contributed by atoms with Crippen molar-refractivity contribution in [2.24, 2.45) is 11.7 Å². The van der Waals surface area contributed by atoms with Crippen LogP contribution in [0.1, 0.15) is 23.3 Å². The summed E-state index contributed by atoms with van der Waals surface area (Å²) in [4.78, 5) is 44.1. The summed E-state index contributed by atoms with van der Waals surface area (Å²) >= 11 is 0. The molecule has 3 N–H and O–H groups in total. The molecule has 2 aromatic heterocycles. The highest BCUT2D eigenvalue weighted by atomic mass is 19.1. The SMILES string of the molecule is NC(=O)c1nn(CC(=O)N2[C@@H]3C[C@@H]3C[C@H]2C(=O)Nc2cccc(-c3ccccc3F)c2F)c2cnccc12. The van der Waals surface area contributed by atoms with Crippen molar-refractivity contribution in [3.8, 4) is 11.1 Å². The van der Waals surface area contributed by atoms with Crippen LogP contribution in [-0.2, 0) is 16.1 Å². The number of pyridine rings is 1. The quantitative estimate of drug-likeness (QED) is 0.408. The maximum absolute atomic E-state index is 15.3. The summed E-state index contributed by atoms with van der Waals surface area (Å²) in [6, 6.07) is 10.9. The number of carbonyl (C=O) groups excluding carboxylic acids is 3. The van der Waals surface area contributed by atoms with Gasteiger partial charge in [-0.25, -0.2) is 8.78 Å². The van der Waals surface area contributed by atoms with E-state index in [0.717, 1.165) is 6.42 Å². The molecule has 0 bridgehead atoms. The van der Waals surface area contributed by atoms with Crippen molar-refractivity contribution in [2.45, 2.75) is 31.5 Å². The highest BCUT2D eigenvalue weighted by Gasteiger charge is 2.56. The molecule has 38 heavy (non-hydrogen) atoms. The summed E-state index contributed by atoms with van der Waals surface area (Å²) in [7, 11) is 0. The third-order valence-electron chi connectivity index (χ3n) is 7.19. The van der Waals surface area contributed by atoms with E-state index in [1.54, 1.807) is 12.1 Å². The first-order valence-corrected chi connectivity index (χ1v) is 12.1. The lowest BCUT2D eigenvalue weighted by molar-refractivity contribution is -0.138. The predicted octanol–water partition coefficient (Wildman–Crippen LogP) is 3.10. The van der Waals surface area contributed by atoms with Gasteiger partial charge in [0, 0.05) is 28.8 Å². The Bertz CT molecular complexity index is 1620. The van der Waals surface area contributed by atoms with Crippen LogP contribution in [0.3, 0.4) is 0 Å². The Morgan fingerprint density at radius 3 is 2.61 bits per heavy atom. The van der Waals surface area contributed by atoms with Crippen LogP contribution in [0.2, 0.25) is 0 Å². The molecular formula is C27H22F2N6O3.